The number of urea groups is 1. The minimum Gasteiger partial charge on any atom is -0.465 e. The number of rotatable bonds is 2. The molecule has 2 heterocycles. The van der Waals surface area contributed by atoms with Crippen LogP contribution in [-0.2, 0) is 9.59 Å². The quantitative estimate of drug-likeness (QED) is 0.657. The van der Waals surface area contributed by atoms with Gasteiger partial charge in [-0.25, -0.2) is 4.79 Å². The molecule has 0 radical (unpaired) electrons. The molecule has 0 bridgehead atoms. The summed E-state index contributed by atoms with van der Waals surface area (Å²) in [5.41, 5.74) is -0.0635. The lowest BCUT2D eigenvalue weighted by Gasteiger charge is -2.30. The first-order valence-electron chi connectivity index (χ1n) is 6.61. The van der Waals surface area contributed by atoms with E-state index in [2.05, 4.69) is 5.32 Å². The second-order valence-corrected chi connectivity index (χ2v) is 4.95. The van der Waals surface area contributed by atoms with E-state index >= 15 is 0 Å². The van der Waals surface area contributed by atoms with Gasteiger partial charge in [0.2, 0.25) is 0 Å². The molecule has 0 aromatic carbocycles. The van der Waals surface area contributed by atoms with Crippen LogP contribution in [0, 0.1) is 0 Å². The van der Waals surface area contributed by atoms with Gasteiger partial charge in [0.25, 0.3) is 11.8 Å². The van der Waals surface area contributed by atoms with E-state index in [9.17, 15) is 14.4 Å². The van der Waals surface area contributed by atoms with Crippen LogP contribution in [0.4, 0.5) is 4.79 Å². The van der Waals surface area contributed by atoms with Gasteiger partial charge in [-0.05, 0) is 31.1 Å². The van der Waals surface area contributed by atoms with Crippen LogP contribution < -0.4 is 5.32 Å². The molecule has 0 atom stereocenters. The predicted octanol–water partition coefficient (Wildman–Crippen LogP) is 1.68. The van der Waals surface area contributed by atoms with Crippen LogP contribution in [0.2, 0.25) is 0 Å². The Labute approximate surface area is 115 Å². The third-order valence-corrected chi connectivity index (χ3v) is 3.65. The maximum absolute atomic E-state index is 12.4. The summed E-state index contributed by atoms with van der Waals surface area (Å²) in [7, 11) is 0. The summed E-state index contributed by atoms with van der Waals surface area (Å²) in [5, 5.41) is 2.22. The van der Waals surface area contributed by atoms with Crippen LogP contribution in [0.25, 0.3) is 6.08 Å². The summed E-state index contributed by atoms with van der Waals surface area (Å²) >= 11 is 0. The molecular formula is C14H14N2O4. The number of furan rings is 1. The van der Waals surface area contributed by atoms with Gasteiger partial charge < -0.3 is 4.42 Å². The van der Waals surface area contributed by atoms with Crippen molar-refractivity contribution in [3.05, 3.63) is 29.7 Å². The van der Waals surface area contributed by atoms with Crippen LogP contribution in [0.5, 0.6) is 0 Å². The second-order valence-electron chi connectivity index (χ2n) is 4.95. The largest absolute Gasteiger partial charge is 0.465 e. The average molecular weight is 274 g/mol. The van der Waals surface area contributed by atoms with Gasteiger partial charge in [-0.2, -0.15) is 0 Å². The van der Waals surface area contributed by atoms with Crippen molar-refractivity contribution >= 4 is 23.9 Å². The lowest BCUT2D eigenvalue weighted by Crippen LogP contribution is -2.57. The maximum atomic E-state index is 12.4. The van der Waals surface area contributed by atoms with E-state index < -0.39 is 17.8 Å². The molecule has 3 rings (SSSR count). The summed E-state index contributed by atoms with van der Waals surface area (Å²) in [6.07, 6.45) is 6.39. The van der Waals surface area contributed by atoms with Crippen molar-refractivity contribution < 1.29 is 18.8 Å². The summed E-state index contributed by atoms with van der Waals surface area (Å²) < 4.78 is 5.11. The van der Waals surface area contributed by atoms with Gasteiger partial charge >= 0.3 is 6.03 Å². The first kappa shape index (κ1) is 12.7. The van der Waals surface area contributed by atoms with E-state index in [-0.39, 0.29) is 11.6 Å². The fraction of sp³-hybridized carbons (Fsp3) is 0.357. The Balaban J connectivity index is 1.92. The first-order valence-corrected chi connectivity index (χ1v) is 6.61. The summed E-state index contributed by atoms with van der Waals surface area (Å²) in [4.78, 5) is 37.2. The number of amides is 4. The molecule has 4 amide bonds. The minimum absolute atomic E-state index is 0.0635. The molecule has 0 unspecified atom stereocenters. The van der Waals surface area contributed by atoms with Gasteiger partial charge in [-0.1, -0.05) is 12.8 Å². The molecule has 20 heavy (non-hydrogen) atoms. The van der Waals surface area contributed by atoms with Crippen LogP contribution >= 0.6 is 0 Å². The number of carbonyl (C=O) groups is 3. The zero-order valence-corrected chi connectivity index (χ0v) is 10.8. The van der Waals surface area contributed by atoms with E-state index in [0.717, 1.165) is 25.7 Å². The Morgan fingerprint density at radius 2 is 2.00 bits per heavy atom. The molecule has 1 aliphatic carbocycles. The van der Waals surface area contributed by atoms with E-state index in [1.807, 2.05) is 0 Å². The molecule has 6 nitrogen and oxygen atoms in total. The molecule has 1 aromatic heterocycles. The van der Waals surface area contributed by atoms with Crippen molar-refractivity contribution in [3.8, 4) is 0 Å². The van der Waals surface area contributed by atoms with E-state index in [1.165, 1.54) is 17.2 Å². The van der Waals surface area contributed by atoms with Gasteiger partial charge in [0.1, 0.15) is 11.3 Å². The molecule has 1 aliphatic heterocycles. The van der Waals surface area contributed by atoms with Crippen LogP contribution in [0.1, 0.15) is 31.4 Å². The number of hydrogen-bond donors (Lipinski definition) is 1. The van der Waals surface area contributed by atoms with E-state index in [0.29, 0.717) is 5.76 Å². The fourth-order valence-corrected chi connectivity index (χ4v) is 2.68. The lowest BCUT2D eigenvalue weighted by atomic mass is 10.1. The molecule has 0 spiro atoms. The van der Waals surface area contributed by atoms with Gasteiger partial charge in [0.05, 0.1) is 6.26 Å². The summed E-state index contributed by atoms with van der Waals surface area (Å²) in [6.45, 7) is 0. The molecule has 1 saturated heterocycles. The fourth-order valence-electron chi connectivity index (χ4n) is 2.68. The van der Waals surface area contributed by atoms with Crippen molar-refractivity contribution in [2.24, 2.45) is 0 Å². The monoisotopic (exact) mass is 274 g/mol. The Bertz CT molecular complexity index is 582. The third-order valence-electron chi connectivity index (χ3n) is 3.65. The second kappa shape index (κ2) is 4.96. The van der Waals surface area contributed by atoms with Crippen LogP contribution in [0.15, 0.2) is 28.4 Å². The minimum atomic E-state index is -0.675. The molecule has 1 N–H and O–H groups in total. The Kier molecular flexibility index (Phi) is 3.14. The van der Waals surface area contributed by atoms with Crippen molar-refractivity contribution in [2.75, 3.05) is 0 Å². The molecule has 2 fully saturated rings. The predicted molar refractivity (Wildman–Crippen MR) is 69.3 cm³/mol. The normalized spacial score (nSPS) is 22.7. The maximum Gasteiger partial charge on any atom is 0.331 e. The highest BCUT2D eigenvalue weighted by atomic mass is 16.3. The van der Waals surface area contributed by atoms with Gasteiger partial charge in [-0.15, -0.1) is 0 Å². The molecule has 2 aliphatic rings. The van der Waals surface area contributed by atoms with Gasteiger partial charge in [0, 0.05) is 6.04 Å². The van der Waals surface area contributed by atoms with E-state index in [1.54, 1.807) is 12.1 Å². The highest BCUT2D eigenvalue weighted by Crippen LogP contribution is 2.27. The zero-order chi connectivity index (χ0) is 14.1. The van der Waals surface area contributed by atoms with Gasteiger partial charge in [0.15, 0.2) is 0 Å². The molecule has 6 heteroatoms. The summed E-state index contributed by atoms with van der Waals surface area (Å²) in [6, 6.07) is 2.57. The molecule has 1 aromatic rings. The lowest BCUT2D eigenvalue weighted by molar-refractivity contribution is -0.131. The van der Waals surface area contributed by atoms with Crippen molar-refractivity contribution in [1.82, 2.24) is 10.2 Å². The zero-order valence-electron chi connectivity index (χ0n) is 10.8. The SMILES string of the molecule is O=C1NC(=O)N(C2CCCC2)C(=O)/C1=C\c1ccco1. The molecular weight excluding hydrogens is 260 g/mol. The smallest absolute Gasteiger partial charge is 0.331 e. The Morgan fingerprint density at radius 3 is 2.65 bits per heavy atom. The summed E-state index contributed by atoms with van der Waals surface area (Å²) in [5.74, 6) is -0.808. The van der Waals surface area contributed by atoms with Crippen molar-refractivity contribution in [1.29, 1.82) is 0 Å². The topological polar surface area (TPSA) is 79.6 Å². The van der Waals surface area contributed by atoms with Crippen molar-refractivity contribution in [3.63, 3.8) is 0 Å². The molecule has 104 valence electrons. The van der Waals surface area contributed by atoms with Gasteiger partial charge in [-0.3, -0.25) is 19.8 Å². The number of hydrogen-bond acceptors (Lipinski definition) is 4. The number of nitrogens with zero attached hydrogens (tertiary/aromatic N) is 1. The standard InChI is InChI=1S/C14H14N2O4/c17-12-11(8-10-6-3-7-20-10)13(18)16(14(19)15-12)9-4-1-2-5-9/h3,6-9H,1-2,4-5H2,(H,15,17,19)/b11-8-. The molecule has 1 saturated carbocycles. The third kappa shape index (κ3) is 2.13. The number of nitrogens with one attached hydrogen (secondary N) is 1. The Hall–Kier alpha value is -2.37. The number of carbonyl (C=O) groups excluding carboxylic acids is 3. The number of barbiturate groups is 1. The highest BCUT2D eigenvalue weighted by Gasteiger charge is 2.40. The van der Waals surface area contributed by atoms with E-state index in [4.69, 9.17) is 4.42 Å². The average Bonchev–Trinajstić information content (AvgIpc) is 3.07. The number of imide groups is 2. The Morgan fingerprint density at radius 1 is 1.25 bits per heavy atom. The van der Waals surface area contributed by atoms with Crippen LogP contribution in [0.3, 0.4) is 0 Å². The van der Waals surface area contributed by atoms with Crippen LogP contribution in [-0.4, -0.2) is 28.8 Å². The highest BCUT2D eigenvalue weighted by molar-refractivity contribution is 6.31. The first-order chi connectivity index (χ1) is 9.66. The van der Waals surface area contributed by atoms with Crippen molar-refractivity contribution in [2.45, 2.75) is 31.7 Å².